The minimum absolute atomic E-state index is 0.140. The van der Waals surface area contributed by atoms with Gasteiger partial charge in [-0.3, -0.25) is 19.0 Å². The van der Waals surface area contributed by atoms with Crippen LogP contribution in [0.25, 0.3) is 11.4 Å². The molecule has 0 atom stereocenters. The molecule has 2 heterocycles. The quantitative estimate of drug-likeness (QED) is 0.134. The first-order chi connectivity index (χ1) is 24.4. The second-order valence-corrected chi connectivity index (χ2v) is 12.5. The molecule has 0 bridgehead atoms. The van der Waals surface area contributed by atoms with Gasteiger partial charge in [-0.25, -0.2) is 19.0 Å². The van der Waals surface area contributed by atoms with Crippen LogP contribution >= 0.6 is 11.6 Å². The summed E-state index contributed by atoms with van der Waals surface area (Å²) < 4.78 is 6.33. The number of aromatic nitrogens is 4. The third-order valence-corrected chi connectivity index (χ3v) is 9.24. The monoisotopic (exact) mass is 704 g/mol. The van der Waals surface area contributed by atoms with Gasteiger partial charge in [0, 0.05) is 36.9 Å². The number of carbonyl (C=O) groups is 2. The summed E-state index contributed by atoms with van der Waals surface area (Å²) in [4.78, 5) is 53.7. The van der Waals surface area contributed by atoms with Gasteiger partial charge < -0.3 is 21.3 Å². The summed E-state index contributed by atoms with van der Waals surface area (Å²) in [6, 6.07) is 27.9. The van der Waals surface area contributed by atoms with Gasteiger partial charge in [-0.2, -0.15) is 0 Å². The molecule has 4 N–H and O–H groups in total. The molecular formula is C38H37ClN8O4. The number of amides is 4. The average molecular weight is 705 g/mol. The maximum atomic E-state index is 13.5. The molecule has 12 nitrogen and oxygen atoms in total. The van der Waals surface area contributed by atoms with Crippen molar-refractivity contribution < 1.29 is 9.59 Å². The van der Waals surface area contributed by atoms with Gasteiger partial charge in [0.25, 0.3) is 11.1 Å². The van der Waals surface area contributed by atoms with E-state index < -0.39 is 12.1 Å². The van der Waals surface area contributed by atoms with Gasteiger partial charge in [0.2, 0.25) is 0 Å². The molecule has 51 heavy (non-hydrogen) atoms. The van der Waals surface area contributed by atoms with E-state index in [0.29, 0.717) is 56.7 Å². The molecule has 0 unspecified atom stereocenters. The van der Waals surface area contributed by atoms with E-state index in [-0.39, 0.29) is 22.5 Å². The van der Waals surface area contributed by atoms with Crippen molar-refractivity contribution >= 4 is 46.4 Å². The van der Waals surface area contributed by atoms with Crippen LogP contribution in [0.2, 0.25) is 5.02 Å². The van der Waals surface area contributed by atoms with E-state index in [1.54, 1.807) is 62.4 Å². The molecule has 0 aliphatic carbocycles. The zero-order valence-corrected chi connectivity index (χ0v) is 29.5. The third-order valence-electron chi connectivity index (χ3n) is 8.87. The fraction of sp³-hybridized carbons (Fsp3) is 0.158. The first-order valence-corrected chi connectivity index (χ1v) is 16.5. The van der Waals surface area contributed by atoms with Crippen LogP contribution in [-0.2, 0) is 20.5 Å². The summed E-state index contributed by atoms with van der Waals surface area (Å²) in [5.41, 5.74) is 5.00. The van der Waals surface area contributed by atoms with Crippen LogP contribution in [-0.4, -0.2) is 30.8 Å². The SMILES string of the molecule is Cc1cc(NC(=O)Nc2c(C)n(C)n(-c3ccccc3)c2=O)c(Cc2ccccc2Cl)cc1NC(=O)Nc1c(C)n(C)n(-c2ccccc2)c1=O. The predicted octanol–water partition coefficient (Wildman–Crippen LogP) is 7.12. The topological polar surface area (TPSA) is 136 Å². The summed E-state index contributed by atoms with van der Waals surface area (Å²) in [5, 5.41) is 11.8. The van der Waals surface area contributed by atoms with Crippen molar-refractivity contribution in [3.63, 3.8) is 0 Å². The number of hydrogen-bond acceptors (Lipinski definition) is 4. The summed E-state index contributed by atoms with van der Waals surface area (Å²) in [6.07, 6.45) is 0.316. The van der Waals surface area contributed by atoms with Gasteiger partial charge in [-0.1, -0.05) is 66.2 Å². The number of anilines is 4. The molecule has 13 heteroatoms. The van der Waals surface area contributed by atoms with Crippen LogP contribution in [0.15, 0.2) is 107 Å². The van der Waals surface area contributed by atoms with E-state index in [1.165, 1.54) is 9.36 Å². The van der Waals surface area contributed by atoms with Crippen LogP contribution in [0.4, 0.5) is 32.3 Å². The molecule has 4 amide bonds. The number of urea groups is 2. The molecule has 0 aliphatic rings. The lowest BCUT2D eigenvalue weighted by Gasteiger charge is -2.17. The largest absolute Gasteiger partial charge is 0.323 e. The molecule has 0 radical (unpaired) electrons. The lowest BCUT2D eigenvalue weighted by Crippen LogP contribution is -2.26. The Morgan fingerprint density at radius 1 is 0.588 bits per heavy atom. The molecule has 4 aromatic carbocycles. The van der Waals surface area contributed by atoms with Crippen LogP contribution in [0.1, 0.15) is 28.1 Å². The van der Waals surface area contributed by atoms with Gasteiger partial charge in [0.15, 0.2) is 0 Å². The van der Waals surface area contributed by atoms with Crippen molar-refractivity contribution in [3.8, 4) is 11.4 Å². The van der Waals surface area contributed by atoms with Gasteiger partial charge >= 0.3 is 12.1 Å². The Kier molecular flexibility index (Phi) is 9.70. The summed E-state index contributed by atoms with van der Waals surface area (Å²) in [5.74, 6) is 0. The molecular weight excluding hydrogens is 668 g/mol. The lowest BCUT2D eigenvalue weighted by molar-refractivity contribution is 0.261. The fourth-order valence-corrected chi connectivity index (χ4v) is 6.16. The number of para-hydroxylation sites is 2. The molecule has 0 spiro atoms. The van der Waals surface area contributed by atoms with Crippen molar-refractivity contribution in [1.82, 2.24) is 18.7 Å². The summed E-state index contributed by atoms with van der Waals surface area (Å²) >= 11 is 6.52. The van der Waals surface area contributed by atoms with E-state index in [9.17, 15) is 19.2 Å². The third kappa shape index (κ3) is 6.94. The number of halogens is 1. The minimum Gasteiger partial charge on any atom is -0.307 e. The molecule has 0 aliphatic heterocycles. The average Bonchev–Trinajstić information content (AvgIpc) is 3.45. The first kappa shape index (κ1) is 34.6. The Morgan fingerprint density at radius 3 is 1.53 bits per heavy atom. The zero-order valence-electron chi connectivity index (χ0n) is 28.7. The highest BCUT2D eigenvalue weighted by molar-refractivity contribution is 6.31. The number of aryl methyl sites for hydroxylation is 1. The summed E-state index contributed by atoms with van der Waals surface area (Å²) in [6.45, 7) is 5.29. The Hall–Kier alpha value is -6.27. The molecule has 2 aromatic heterocycles. The number of rotatable bonds is 8. The van der Waals surface area contributed by atoms with Crippen LogP contribution in [0, 0.1) is 20.8 Å². The minimum atomic E-state index is -0.617. The van der Waals surface area contributed by atoms with Crippen molar-refractivity contribution in [2.45, 2.75) is 27.2 Å². The van der Waals surface area contributed by atoms with E-state index in [2.05, 4.69) is 21.3 Å². The molecule has 0 saturated carbocycles. The van der Waals surface area contributed by atoms with Crippen molar-refractivity contribution in [1.29, 1.82) is 0 Å². The second-order valence-electron chi connectivity index (χ2n) is 12.1. The Balaban J connectivity index is 1.28. The van der Waals surface area contributed by atoms with E-state index in [1.807, 2.05) is 78.9 Å². The highest BCUT2D eigenvalue weighted by Gasteiger charge is 2.21. The Labute approximate surface area is 298 Å². The summed E-state index contributed by atoms with van der Waals surface area (Å²) in [7, 11) is 3.50. The molecule has 0 saturated heterocycles. The number of carbonyl (C=O) groups excluding carboxylic acids is 2. The second kappa shape index (κ2) is 14.3. The van der Waals surface area contributed by atoms with Gasteiger partial charge in [-0.15, -0.1) is 0 Å². The zero-order chi connectivity index (χ0) is 36.4. The number of hydrogen-bond donors (Lipinski definition) is 4. The predicted molar refractivity (Wildman–Crippen MR) is 202 cm³/mol. The highest BCUT2D eigenvalue weighted by atomic mass is 35.5. The molecule has 260 valence electrons. The van der Waals surface area contributed by atoms with Crippen LogP contribution < -0.4 is 32.4 Å². The number of nitrogens with one attached hydrogen (secondary N) is 4. The maximum absolute atomic E-state index is 13.5. The van der Waals surface area contributed by atoms with Crippen molar-refractivity contribution in [2.24, 2.45) is 14.1 Å². The Morgan fingerprint density at radius 2 is 1.04 bits per heavy atom. The molecule has 6 aromatic rings. The van der Waals surface area contributed by atoms with Gasteiger partial charge in [0.05, 0.1) is 22.8 Å². The lowest BCUT2D eigenvalue weighted by atomic mass is 10.00. The van der Waals surface area contributed by atoms with Crippen molar-refractivity contribution in [3.05, 3.63) is 151 Å². The number of nitrogens with zero attached hydrogens (tertiary/aromatic N) is 4. The standard InChI is InChI=1S/C38H37ClN8O4/c1-23-20-32(41-38(51)43-34-25(3)45(5)47(36(34)49)29-17-10-7-11-18-29)27(21-26-14-12-13-19-30(26)39)22-31(23)40-37(50)42-33-24(2)44(4)46(35(33)48)28-15-8-6-9-16-28/h6-20,22H,21H2,1-5H3,(H2,40,42,50)(H2,41,43,51). The highest BCUT2D eigenvalue weighted by Crippen LogP contribution is 2.30. The van der Waals surface area contributed by atoms with E-state index in [0.717, 1.165) is 5.56 Å². The normalized spacial score (nSPS) is 10.9. The maximum Gasteiger partial charge on any atom is 0.323 e. The molecule has 0 fully saturated rings. The number of benzene rings is 4. The van der Waals surface area contributed by atoms with Gasteiger partial charge in [0.1, 0.15) is 11.4 Å². The molecule has 6 rings (SSSR count). The Bertz CT molecular complexity index is 2390. The van der Waals surface area contributed by atoms with Crippen molar-refractivity contribution in [2.75, 3.05) is 21.3 Å². The van der Waals surface area contributed by atoms with Crippen LogP contribution in [0.3, 0.4) is 0 Å². The first-order valence-electron chi connectivity index (χ1n) is 16.2. The van der Waals surface area contributed by atoms with E-state index >= 15 is 0 Å². The van der Waals surface area contributed by atoms with Crippen LogP contribution in [0.5, 0.6) is 0 Å². The fourth-order valence-electron chi connectivity index (χ4n) is 5.96. The smallest absolute Gasteiger partial charge is 0.307 e. The van der Waals surface area contributed by atoms with E-state index in [4.69, 9.17) is 11.6 Å². The van der Waals surface area contributed by atoms with Gasteiger partial charge in [-0.05, 0) is 79.9 Å².